The summed E-state index contributed by atoms with van der Waals surface area (Å²) in [5.74, 6) is -2.25. The summed E-state index contributed by atoms with van der Waals surface area (Å²) in [5, 5.41) is 14.8. The molecule has 0 spiro atoms. The molecule has 0 bridgehead atoms. The third-order valence-corrected chi connectivity index (χ3v) is 5.49. The fourth-order valence-electron chi connectivity index (χ4n) is 3.86. The van der Waals surface area contributed by atoms with Crippen LogP contribution in [0.5, 0.6) is 0 Å². The lowest BCUT2D eigenvalue weighted by atomic mass is 9.66. The third kappa shape index (κ3) is 2.84. The van der Waals surface area contributed by atoms with E-state index >= 15 is 0 Å². The summed E-state index contributed by atoms with van der Waals surface area (Å²) in [6.07, 6.45) is -3.92. The molecular formula is C18H23F3N2O3. The second-order valence-electron chi connectivity index (χ2n) is 8.23. The Labute approximate surface area is 149 Å². The highest BCUT2D eigenvalue weighted by atomic mass is 19.4. The second-order valence-corrected chi connectivity index (χ2v) is 8.23. The van der Waals surface area contributed by atoms with E-state index < -0.39 is 23.7 Å². The van der Waals surface area contributed by atoms with Gasteiger partial charge in [-0.3, -0.25) is 4.79 Å². The smallest absolute Gasteiger partial charge is 0.439 e. The Morgan fingerprint density at radius 2 is 2.00 bits per heavy atom. The van der Waals surface area contributed by atoms with Crippen molar-refractivity contribution in [1.82, 2.24) is 5.01 Å². The van der Waals surface area contributed by atoms with Crippen LogP contribution in [0.1, 0.15) is 56.3 Å². The number of amides is 1. The molecule has 0 aromatic carbocycles. The zero-order valence-electron chi connectivity index (χ0n) is 15.2. The van der Waals surface area contributed by atoms with Gasteiger partial charge in [0.1, 0.15) is 5.76 Å². The summed E-state index contributed by atoms with van der Waals surface area (Å²) in [6, 6.07) is 2.76. The van der Waals surface area contributed by atoms with Crippen LogP contribution >= 0.6 is 0 Å². The molecule has 3 rings (SSSR count). The second kappa shape index (κ2) is 5.84. The van der Waals surface area contributed by atoms with Gasteiger partial charge in [-0.15, -0.1) is 0 Å². The van der Waals surface area contributed by atoms with Gasteiger partial charge in [-0.05, 0) is 49.7 Å². The predicted octanol–water partition coefficient (Wildman–Crippen LogP) is 4.11. The van der Waals surface area contributed by atoms with E-state index in [-0.39, 0.29) is 34.2 Å². The number of hydrazone groups is 1. The number of rotatable bonds is 1. The first-order valence-electron chi connectivity index (χ1n) is 8.63. The van der Waals surface area contributed by atoms with Gasteiger partial charge in [-0.25, -0.2) is 0 Å². The molecule has 2 aliphatic rings. The first-order valence-corrected chi connectivity index (χ1v) is 8.63. The number of alkyl halides is 3. The maximum absolute atomic E-state index is 13.9. The monoisotopic (exact) mass is 372 g/mol. The average Bonchev–Trinajstić information content (AvgIpc) is 3.07. The lowest BCUT2D eigenvalue weighted by molar-refractivity contribution is -0.314. The molecule has 3 atom stereocenters. The van der Waals surface area contributed by atoms with Crippen molar-refractivity contribution in [3.05, 3.63) is 23.7 Å². The van der Waals surface area contributed by atoms with E-state index in [1.165, 1.54) is 12.1 Å². The van der Waals surface area contributed by atoms with Crippen LogP contribution in [0.4, 0.5) is 13.2 Å². The maximum atomic E-state index is 13.9. The van der Waals surface area contributed by atoms with Gasteiger partial charge in [0.2, 0.25) is 0 Å². The van der Waals surface area contributed by atoms with E-state index in [9.17, 15) is 23.1 Å². The molecule has 144 valence electrons. The first kappa shape index (κ1) is 18.9. The van der Waals surface area contributed by atoms with Crippen LogP contribution < -0.4 is 0 Å². The Morgan fingerprint density at radius 1 is 1.35 bits per heavy atom. The number of hydrogen-bond acceptors (Lipinski definition) is 4. The fourth-order valence-corrected chi connectivity index (χ4v) is 3.86. The van der Waals surface area contributed by atoms with E-state index in [0.29, 0.717) is 18.6 Å². The van der Waals surface area contributed by atoms with Gasteiger partial charge in [-0.1, -0.05) is 20.8 Å². The molecule has 1 amide bonds. The van der Waals surface area contributed by atoms with Crippen molar-refractivity contribution >= 4 is 11.6 Å². The molecule has 8 heteroatoms. The van der Waals surface area contributed by atoms with E-state index in [4.69, 9.17) is 4.42 Å². The number of aryl methyl sites for hydroxylation is 1. The number of furan rings is 1. The number of fused-ring (bicyclic) bond motifs is 1. The highest BCUT2D eigenvalue weighted by Gasteiger charge is 2.69. The van der Waals surface area contributed by atoms with E-state index in [2.05, 4.69) is 5.10 Å². The quantitative estimate of drug-likeness (QED) is 0.807. The molecule has 1 fully saturated rings. The van der Waals surface area contributed by atoms with Gasteiger partial charge < -0.3 is 9.52 Å². The summed E-state index contributed by atoms with van der Waals surface area (Å²) >= 11 is 0. The molecule has 1 aliphatic carbocycles. The van der Waals surface area contributed by atoms with E-state index in [1.54, 1.807) is 6.92 Å². The van der Waals surface area contributed by atoms with Crippen molar-refractivity contribution in [2.75, 3.05) is 0 Å². The molecule has 5 nitrogen and oxygen atoms in total. The molecule has 2 heterocycles. The van der Waals surface area contributed by atoms with Crippen LogP contribution in [0.25, 0.3) is 0 Å². The molecule has 26 heavy (non-hydrogen) atoms. The molecule has 1 aliphatic heterocycles. The summed E-state index contributed by atoms with van der Waals surface area (Å²) in [7, 11) is 0. The van der Waals surface area contributed by atoms with Crippen LogP contribution in [0, 0.1) is 24.2 Å². The molecule has 0 unspecified atom stereocenters. The molecule has 1 aromatic heterocycles. The topological polar surface area (TPSA) is 66.0 Å². The van der Waals surface area contributed by atoms with Crippen molar-refractivity contribution in [3.63, 3.8) is 0 Å². The molecule has 1 aromatic rings. The van der Waals surface area contributed by atoms with Gasteiger partial charge >= 0.3 is 12.1 Å². The Bertz CT molecular complexity index is 748. The Balaban J connectivity index is 2.01. The minimum atomic E-state index is -5.04. The largest absolute Gasteiger partial charge is 0.456 e. The molecule has 1 saturated carbocycles. The van der Waals surface area contributed by atoms with Gasteiger partial charge in [0.25, 0.3) is 5.72 Å². The van der Waals surface area contributed by atoms with Gasteiger partial charge in [0, 0.05) is 5.71 Å². The summed E-state index contributed by atoms with van der Waals surface area (Å²) in [6.45, 7) is 7.48. The Morgan fingerprint density at radius 3 is 2.50 bits per heavy atom. The normalized spacial score (nSPS) is 29.5. The van der Waals surface area contributed by atoms with Crippen molar-refractivity contribution < 1.29 is 27.5 Å². The van der Waals surface area contributed by atoms with Gasteiger partial charge in [0.05, 0.1) is 5.92 Å². The zero-order valence-corrected chi connectivity index (χ0v) is 15.2. The van der Waals surface area contributed by atoms with Gasteiger partial charge in [0.15, 0.2) is 5.76 Å². The lowest BCUT2D eigenvalue weighted by Crippen LogP contribution is -2.62. The average molecular weight is 372 g/mol. The number of hydrogen-bond donors (Lipinski definition) is 1. The highest BCUT2D eigenvalue weighted by molar-refractivity contribution is 5.98. The van der Waals surface area contributed by atoms with Crippen molar-refractivity contribution in [2.24, 2.45) is 22.4 Å². The van der Waals surface area contributed by atoms with Crippen LogP contribution in [-0.2, 0) is 0 Å². The van der Waals surface area contributed by atoms with Crippen molar-refractivity contribution in [3.8, 4) is 0 Å². The van der Waals surface area contributed by atoms with E-state index in [1.807, 2.05) is 20.8 Å². The molecular weight excluding hydrogens is 349 g/mol. The molecule has 1 N–H and O–H groups in total. The predicted molar refractivity (Wildman–Crippen MR) is 88.3 cm³/mol. The van der Waals surface area contributed by atoms with Crippen LogP contribution in [0.15, 0.2) is 21.7 Å². The van der Waals surface area contributed by atoms with Crippen molar-refractivity contribution in [2.45, 2.75) is 58.9 Å². The maximum Gasteiger partial charge on any atom is 0.439 e. The number of aliphatic hydroxyl groups is 1. The lowest BCUT2D eigenvalue weighted by Gasteiger charge is -2.42. The SMILES string of the molecule is Cc1ccc(C(=O)N2N=C3CC[C@H](C(C)(C)C)C[C@@H]3[C@]2(O)C(F)(F)F)o1. The van der Waals surface area contributed by atoms with Crippen LogP contribution in [0.2, 0.25) is 0 Å². The Kier molecular flexibility index (Phi) is 4.25. The number of nitrogens with zero attached hydrogens (tertiary/aromatic N) is 2. The summed E-state index contributed by atoms with van der Waals surface area (Å²) in [5.41, 5.74) is -3.33. The van der Waals surface area contributed by atoms with E-state index in [0.717, 1.165) is 0 Å². The summed E-state index contributed by atoms with van der Waals surface area (Å²) < 4.78 is 46.9. The minimum absolute atomic E-state index is 0.0127. The van der Waals surface area contributed by atoms with Crippen LogP contribution in [0.3, 0.4) is 0 Å². The number of carbonyl (C=O) groups is 1. The Hall–Kier alpha value is -1.83. The number of carbonyl (C=O) groups excluding carboxylic acids is 1. The fraction of sp³-hybridized carbons (Fsp3) is 0.667. The highest BCUT2D eigenvalue weighted by Crippen LogP contribution is 2.52. The molecule has 0 radical (unpaired) electrons. The number of halogens is 3. The third-order valence-electron chi connectivity index (χ3n) is 5.49. The zero-order chi connectivity index (χ0) is 19.5. The standard InChI is InChI=1S/C18H23F3N2O3/c1-10-5-8-14(26-10)15(24)23-17(25,18(19,20)21)12-9-11(16(2,3)4)6-7-13(12)22-23/h5,8,11-12,25H,6-7,9H2,1-4H3/t11-,12-,17-/m0/s1. The summed E-state index contributed by atoms with van der Waals surface area (Å²) in [4.78, 5) is 12.6. The van der Waals surface area contributed by atoms with Crippen LogP contribution in [-0.4, -0.2) is 33.6 Å². The first-order chi connectivity index (χ1) is 11.9. The van der Waals surface area contributed by atoms with Gasteiger partial charge in [-0.2, -0.15) is 23.3 Å². The minimum Gasteiger partial charge on any atom is -0.456 e. The molecule has 0 saturated heterocycles. The van der Waals surface area contributed by atoms with Crippen molar-refractivity contribution in [1.29, 1.82) is 0 Å².